The molecule has 3 rings (SSSR count). The number of rotatable bonds is 8. The summed E-state index contributed by atoms with van der Waals surface area (Å²) in [5.41, 5.74) is 7.91. The van der Waals surface area contributed by atoms with E-state index in [-0.39, 0.29) is 0 Å². The van der Waals surface area contributed by atoms with Crippen LogP contribution in [0.3, 0.4) is 0 Å². The number of nitrogens with two attached hydrogens (primary N) is 1. The Kier molecular flexibility index (Phi) is 5.18. The van der Waals surface area contributed by atoms with E-state index >= 15 is 0 Å². The van der Waals surface area contributed by atoms with Crippen LogP contribution >= 0.6 is 0 Å². The number of nitrogens with zero attached hydrogens (tertiary/aromatic N) is 4. The van der Waals surface area contributed by atoms with Crippen molar-refractivity contribution in [1.82, 2.24) is 19.6 Å². The number of methoxy groups -OCH3 is 2. The van der Waals surface area contributed by atoms with Gasteiger partial charge in [0.15, 0.2) is 17.3 Å². The van der Waals surface area contributed by atoms with Gasteiger partial charge < -0.3 is 20.5 Å². The fourth-order valence-electron chi connectivity index (χ4n) is 2.87. The number of ether oxygens (including phenoxy) is 2. The number of benzene rings is 1. The van der Waals surface area contributed by atoms with E-state index in [1.807, 2.05) is 23.5 Å². The molecule has 1 aromatic carbocycles. The van der Waals surface area contributed by atoms with Crippen LogP contribution in [0.25, 0.3) is 16.7 Å². The van der Waals surface area contributed by atoms with Gasteiger partial charge in [0.25, 0.3) is 0 Å². The molecule has 0 amide bonds. The molecule has 0 saturated carbocycles. The lowest BCUT2D eigenvalue weighted by molar-refractivity contribution is 0.355. The van der Waals surface area contributed by atoms with E-state index in [9.17, 15) is 0 Å². The van der Waals surface area contributed by atoms with Crippen LogP contribution in [0.1, 0.15) is 25.1 Å². The SMILES string of the molecule is COc1cc2nc(NCCCCCN)c3nnc(C)n3c2cc1OC. The van der Waals surface area contributed by atoms with Crippen LogP contribution in [0.4, 0.5) is 5.82 Å². The molecule has 0 radical (unpaired) electrons. The van der Waals surface area contributed by atoms with Gasteiger partial charge in [-0.1, -0.05) is 6.42 Å². The average Bonchev–Trinajstić information content (AvgIpc) is 3.02. The molecule has 0 fully saturated rings. The van der Waals surface area contributed by atoms with Crippen LogP contribution in [0.5, 0.6) is 11.5 Å². The normalized spacial score (nSPS) is 11.2. The van der Waals surface area contributed by atoms with E-state index in [1.54, 1.807) is 14.2 Å². The third-order valence-corrected chi connectivity index (χ3v) is 4.16. The Morgan fingerprint density at radius 3 is 2.56 bits per heavy atom. The fraction of sp³-hybridized carbons (Fsp3) is 0.471. The van der Waals surface area contributed by atoms with Gasteiger partial charge in [0.05, 0.1) is 25.3 Å². The Labute approximate surface area is 146 Å². The highest BCUT2D eigenvalue weighted by molar-refractivity contribution is 5.85. The minimum atomic E-state index is 0.640. The molecule has 0 saturated heterocycles. The Morgan fingerprint density at radius 2 is 1.84 bits per heavy atom. The molecular weight excluding hydrogens is 320 g/mol. The summed E-state index contributed by atoms with van der Waals surface area (Å²) in [6.45, 7) is 3.46. The second kappa shape index (κ2) is 7.52. The standard InChI is InChI=1S/C17H24N6O2/c1-11-21-22-17-16(19-8-6-4-5-7-18)20-12-9-14(24-2)15(25-3)10-13(12)23(11)17/h9-10H,4-8,18H2,1-3H3,(H,19,20). The van der Waals surface area contributed by atoms with Crippen molar-refractivity contribution < 1.29 is 9.47 Å². The molecule has 0 bridgehead atoms. The summed E-state index contributed by atoms with van der Waals surface area (Å²) in [5.74, 6) is 2.80. The molecule has 8 heteroatoms. The second-order valence-electron chi connectivity index (χ2n) is 5.84. The molecule has 0 aliphatic heterocycles. The molecule has 3 aromatic rings. The number of anilines is 1. The number of fused-ring (bicyclic) bond motifs is 3. The lowest BCUT2D eigenvalue weighted by atomic mass is 10.2. The lowest BCUT2D eigenvalue weighted by Gasteiger charge is -2.13. The van der Waals surface area contributed by atoms with Crippen molar-refractivity contribution >= 4 is 22.5 Å². The third-order valence-electron chi connectivity index (χ3n) is 4.16. The van der Waals surface area contributed by atoms with E-state index in [4.69, 9.17) is 20.2 Å². The number of nitrogens with one attached hydrogen (secondary N) is 1. The molecule has 0 unspecified atom stereocenters. The van der Waals surface area contributed by atoms with Crippen molar-refractivity contribution in [3.63, 3.8) is 0 Å². The van der Waals surface area contributed by atoms with Crippen LogP contribution in [0, 0.1) is 6.92 Å². The maximum atomic E-state index is 5.54. The van der Waals surface area contributed by atoms with Crippen molar-refractivity contribution in [1.29, 1.82) is 0 Å². The highest BCUT2D eigenvalue weighted by Crippen LogP contribution is 2.33. The number of unbranched alkanes of at least 4 members (excludes halogenated alkanes) is 2. The van der Waals surface area contributed by atoms with Crippen LogP contribution in [-0.2, 0) is 0 Å². The van der Waals surface area contributed by atoms with Crippen molar-refractivity contribution in [2.75, 3.05) is 32.6 Å². The van der Waals surface area contributed by atoms with Crippen molar-refractivity contribution in [3.8, 4) is 11.5 Å². The van der Waals surface area contributed by atoms with Gasteiger partial charge in [-0.15, -0.1) is 10.2 Å². The average molecular weight is 344 g/mol. The predicted octanol–water partition coefficient (Wildman–Crippen LogP) is 2.14. The first-order valence-corrected chi connectivity index (χ1v) is 8.41. The van der Waals surface area contributed by atoms with Gasteiger partial charge in [-0.2, -0.15) is 0 Å². The van der Waals surface area contributed by atoms with Crippen LogP contribution < -0.4 is 20.5 Å². The monoisotopic (exact) mass is 344 g/mol. The molecule has 0 aliphatic carbocycles. The number of hydrogen-bond acceptors (Lipinski definition) is 7. The van der Waals surface area contributed by atoms with E-state index in [2.05, 4.69) is 15.5 Å². The Bertz CT molecular complexity index is 877. The number of aromatic nitrogens is 4. The zero-order chi connectivity index (χ0) is 17.8. The van der Waals surface area contributed by atoms with Gasteiger partial charge in [0.1, 0.15) is 5.82 Å². The molecule has 0 spiro atoms. The topological polar surface area (TPSA) is 99.6 Å². The first-order valence-electron chi connectivity index (χ1n) is 8.41. The highest BCUT2D eigenvalue weighted by Gasteiger charge is 2.16. The quantitative estimate of drug-likeness (QED) is 0.604. The van der Waals surface area contributed by atoms with Gasteiger partial charge in [-0.05, 0) is 26.3 Å². The summed E-state index contributed by atoms with van der Waals surface area (Å²) in [6, 6.07) is 3.77. The minimum absolute atomic E-state index is 0.640. The van der Waals surface area contributed by atoms with Gasteiger partial charge in [0, 0.05) is 18.7 Å². The molecular formula is C17H24N6O2. The van der Waals surface area contributed by atoms with E-state index < -0.39 is 0 Å². The molecule has 2 aromatic heterocycles. The van der Waals surface area contributed by atoms with Gasteiger partial charge in [-0.25, -0.2) is 4.98 Å². The maximum absolute atomic E-state index is 5.54. The van der Waals surface area contributed by atoms with E-state index in [0.29, 0.717) is 23.0 Å². The van der Waals surface area contributed by atoms with Crippen molar-refractivity contribution in [2.24, 2.45) is 5.73 Å². The first kappa shape index (κ1) is 17.2. The minimum Gasteiger partial charge on any atom is -0.493 e. The van der Waals surface area contributed by atoms with Gasteiger partial charge in [0.2, 0.25) is 5.65 Å². The zero-order valence-electron chi connectivity index (χ0n) is 14.9. The van der Waals surface area contributed by atoms with E-state index in [0.717, 1.165) is 49.2 Å². The number of hydrogen-bond donors (Lipinski definition) is 2. The molecule has 25 heavy (non-hydrogen) atoms. The molecule has 8 nitrogen and oxygen atoms in total. The van der Waals surface area contributed by atoms with Crippen LogP contribution in [-0.4, -0.2) is 46.9 Å². The van der Waals surface area contributed by atoms with Crippen molar-refractivity contribution in [3.05, 3.63) is 18.0 Å². The summed E-state index contributed by atoms with van der Waals surface area (Å²) in [4.78, 5) is 4.72. The third kappa shape index (κ3) is 3.30. The first-order chi connectivity index (χ1) is 12.2. The van der Waals surface area contributed by atoms with E-state index in [1.165, 1.54) is 0 Å². The molecule has 0 aliphatic rings. The molecule has 134 valence electrons. The summed E-state index contributed by atoms with van der Waals surface area (Å²) in [7, 11) is 3.23. The Morgan fingerprint density at radius 1 is 1.08 bits per heavy atom. The highest BCUT2D eigenvalue weighted by atomic mass is 16.5. The summed E-state index contributed by atoms with van der Waals surface area (Å²) >= 11 is 0. The van der Waals surface area contributed by atoms with Crippen LogP contribution in [0.2, 0.25) is 0 Å². The Hall–Kier alpha value is -2.61. The Balaban J connectivity index is 2.04. The fourth-order valence-corrected chi connectivity index (χ4v) is 2.87. The van der Waals surface area contributed by atoms with Crippen LogP contribution in [0.15, 0.2) is 12.1 Å². The number of aryl methyl sites for hydroxylation is 1. The predicted molar refractivity (Wildman–Crippen MR) is 97.5 cm³/mol. The van der Waals surface area contributed by atoms with Gasteiger partial charge >= 0.3 is 0 Å². The lowest BCUT2D eigenvalue weighted by Crippen LogP contribution is -2.08. The molecule has 2 heterocycles. The van der Waals surface area contributed by atoms with Gasteiger partial charge in [-0.3, -0.25) is 4.40 Å². The second-order valence-corrected chi connectivity index (χ2v) is 5.84. The summed E-state index contributed by atoms with van der Waals surface area (Å²) in [5, 5.41) is 11.9. The molecule has 3 N–H and O–H groups in total. The molecule has 0 atom stereocenters. The maximum Gasteiger partial charge on any atom is 0.204 e. The van der Waals surface area contributed by atoms with Crippen molar-refractivity contribution in [2.45, 2.75) is 26.2 Å². The largest absolute Gasteiger partial charge is 0.493 e. The summed E-state index contributed by atoms with van der Waals surface area (Å²) in [6.07, 6.45) is 3.15. The summed E-state index contributed by atoms with van der Waals surface area (Å²) < 4.78 is 12.8. The zero-order valence-corrected chi connectivity index (χ0v) is 14.9. The smallest absolute Gasteiger partial charge is 0.204 e.